The SMILES string of the molecule is OB(O)c1ccc(CSc2ncccc2Br)c(F)c1. The summed E-state index contributed by atoms with van der Waals surface area (Å²) in [7, 11) is -1.65. The quantitative estimate of drug-likeness (QED) is 0.659. The Hall–Kier alpha value is -0.885. The molecule has 0 spiro atoms. The van der Waals surface area contributed by atoms with E-state index in [1.165, 1.54) is 17.8 Å². The zero-order valence-electron chi connectivity index (χ0n) is 9.75. The van der Waals surface area contributed by atoms with Crippen molar-refractivity contribution in [3.05, 3.63) is 52.4 Å². The molecule has 7 heteroatoms. The molecular weight excluding hydrogens is 332 g/mol. The van der Waals surface area contributed by atoms with Gasteiger partial charge in [-0.25, -0.2) is 9.37 Å². The first-order valence-electron chi connectivity index (χ1n) is 5.45. The molecule has 0 saturated carbocycles. The summed E-state index contributed by atoms with van der Waals surface area (Å²) in [6.07, 6.45) is 1.68. The summed E-state index contributed by atoms with van der Waals surface area (Å²) in [6.45, 7) is 0. The highest BCUT2D eigenvalue weighted by Gasteiger charge is 2.13. The molecule has 1 heterocycles. The van der Waals surface area contributed by atoms with E-state index < -0.39 is 12.9 Å². The highest BCUT2D eigenvalue weighted by molar-refractivity contribution is 9.10. The van der Waals surface area contributed by atoms with Crippen LogP contribution in [0.25, 0.3) is 0 Å². The monoisotopic (exact) mass is 341 g/mol. The van der Waals surface area contributed by atoms with Crippen LogP contribution in [0.4, 0.5) is 4.39 Å². The smallest absolute Gasteiger partial charge is 0.423 e. The van der Waals surface area contributed by atoms with Crippen LogP contribution in [0.15, 0.2) is 46.0 Å². The molecule has 0 bridgehead atoms. The van der Waals surface area contributed by atoms with E-state index in [9.17, 15) is 4.39 Å². The maximum absolute atomic E-state index is 13.7. The number of aromatic nitrogens is 1. The van der Waals surface area contributed by atoms with Crippen molar-refractivity contribution in [3.63, 3.8) is 0 Å². The number of benzene rings is 1. The summed E-state index contributed by atoms with van der Waals surface area (Å²) in [5.41, 5.74) is 0.636. The van der Waals surface area contributed by atoms with Crippen LogP contribution in [0, 0.1) is 5.82 Å². The highest BCUT2D eigenvalue weighted by Crippen LogP contribution is 2.28. The van der Waals surface area contributed by atoms with Gasteiger partial charge in [0.05, 0.1) is 0 Å². The van der Waals surface area contributed by atoms with Crippen LogP contribution in [0.3, 0.4) is 0 Å². The first-order chi connectivity index (χ1) is 9.08. The topological polar surface area (TPSA) is 53.4 Å². The minimum absolute atomic E-state index is 0.144. The Morgan fingerprint density at radius 3 is 2.74 bits per heavy atom. The van der Waals surface area contributed by atoms with E-state index in [1.807, 2.05) is 12.1 Å². The van der Waals surface area contributed by atoms with Crippen LogP contribution < -0.4 is 5.46 Å². The maximum atomic E-state index is 13.7. The van der Waals surface area contributed by atoms with Gasteiger partial charge < -0.3 is 10.0 Å². The van der Waals surface area contributed by atoms with E-state index in [-0.39, 0.29) is 5.46 Å². The number of pyridine rings is 1. The Kier molecular flexibility index (Phi) is 4.98. The molecule has 0 atom stereocenters. The molecule has 1 aromatic carbocycles. The Bertz CT molecular complexity index is 585. The lowest BCUT2D eigenvalue weighted by Crippen LogP contribution is -2.30. The molecule has 2 N–H and O–H groups in total. The number of hydrogen-bond acceptors (Lipinski definition) is 4. The van der Waals surface area contributed by atoms with Gasteiger partial charge in [-0.2, -0.15) is 0 Å². The van der Waals surface area contributed by atoms with Gasteiger partial charge in [0, 0.05) is 16.4 Å². The lowest BCUT2D eigenvalue weighted by atomic mass is 9.80. The second kappa shape index (κ2) is 6.52. The van der Waals surface area contributed by atoms with Gasteiger partial charge in [-0.1, -0.05) is 12.1 Å². The average molecular weight is 342 g/mol. The number of hydrogen-bond donors (Lipinski definition) is 2. The molecule has 2 aromatic rings. The standard InChI is InChI=1S/C12H10BBrFNO2S/c14-10-2-1-5-16-12(10)19-7-8-3-4-9(13(17)18)6-11(8)15/h1-6,17-18H,7H2. The zero-order valence-corrected chi connectivity index (χ0v) is 12.2. The Morgan fingerprint density at radius 2 is 2.11 bits per heavy atom. The first-order valence-corrected chi connectivity index (χ1v) is 7.23. The van der Waals surface area contributed by atoms with Gasteiger partial charge in [-0.15, -0.1) is 11.8 Å². The molecule has 0 aliphatic carbocycles. The van der Waals surface area contributed by atoms with Crippen molar-refractivity contribution in [1.82, 2.24) is 4.98 Å². The Morgan fingerprint density at radius 1 is 1.32 bits per heavy atom. The van der Waals surface area contributed by atoms with E-state index in [0.29, 0.717) is 11.3 Å². The van der Waals surface area contributed by atoms with E-state index in [0.717, 1.165) is 15.6 Å². The number of rotatable bonds is 4. The van der Waals surface area contributed by atoms with E-state index >= 15 is 0 Å². The molecule has 0 fully saturated rings. The molecule has 0 saturated heterocycles. The normalized spacial score (nSPS) is 10.5. The van der Waals surface area contributed by atoms with Crippen LogP contribution in [0.1, 0.15) is 5.56 Å². The van der Waals surface area contributed by atoms with Gasteiger partial charge in [0.1, 0.15) is 10.8 Å². The summed E-state index contributed by atoms with van der Waals surface area (Å²) >= 11 is 4.78. The van der Waals surface area contributed by atoms with Gasteiger partial charge in [-0.3, -0.25) is 0 Å². The van der Waals surface area contributed by atoms with Crippen molar-refractivity contribution >= 4 is 40.3 Å². The molecule has 0 amide bonds. The van der Waals surface area contributed by atoms with E-state index in [4.69, 9.17) is 10.0 Å². The molecular formula is C12H10BBrFNO2S. The zero-order chi connectivity index (χ0) is 13.8. The Balaban J connectivity index is 2.10. The van der Waals surface area contributed by atoms with Crippen molar-refractivity contribution < 1.29 is 14.4 Å². The molecule has 98 valence electrons. The second-order valence-electron chi connectivity index (χ2n) is 3.80. The molecule has 19 heavy (non-hydrogen) atoms. The molecule has 0 aliphatic heterocycles. The number of halogens is 2. The third kappa shape index (κ3) is 3.79. The summed E-state index contributed by atoms with van der Waals surface area (Å²) in [5.74, 6) is -0.0337. The Labute approximate surface area is 123 Å². The molecule has 2 rings (SSSR count). The van der Waals surface area contributed by atoms with Gasteiger partial charge >= 0.3 is 7.12 Å². The summed E-state index contributed by atoms with van der Waals surface area (Å²) in [6, 6.07) is 7.86. The van der Waals surface area contributed by atoms with Gasteiger partial charge in [-0.05, 0) is 45.2 Å². The third-order valence-corrected chi connectivity index (χ3v) is 4.42. The largest absolute Gasteiger partial charge is 0.488 e. The number of nitrogens with zero attached hydrogens (tertiary/aromatic N) is 1. The molecule has 0 unspecified atom stereocenters. The highest BCUT2D eigenvalue weighted by atomic mass is 79.9. The minimum Gasteiger partial charge on any atom is -0.423 e. The predicted molar refractivity (Wildman–Crippen MR) is 77.7 cm³/mol. The lowest BCUT2D eigenvalue weighted by Gasteiger charge is -2.06. The van der Waals surface area contributed by atoms with Crippen LogP contribution in [0.5, 0.6) is 0 Å². The molecule has 0 aliphatic rings. The lowest BCUT2D eigenvalue weighted by molar-refractivity contribution is 0.425. The fraction of sp³-hybridized carbons (Fsp3) is 0.0833. The van der Waals surface area contributed by atoms with E-state index in [1.54, 1.807) is 12.3 Å². The third-order valence-electron chi connectivity index (χ3n) is 2.46. The van der Waals surface area contributed by atoms with Crippen molar-refractivity contribution in [1.29, 1.82) is 0 Å². The molecule has 1 aromatic heterocycles. The van der Waals surface area contributed by atoms with Crippen molar-refractivity contribution in [2.45, 2.75) is 10.8 Å². The predicted octanol–water partition coefficient (Wildman–Crippen LogP) is 1.96. The minimum atomic E-state index is -1.65. The summed E-state index contributed by atoms with van der Waals surface area (Å²) in [4.78, 5) is 4.18. The summed E-state index contributed by atoms with van der Waals surface area (Å²) < 4.78 is 14.6. The first kappa shape index (κ1) is 14.5. The average Bonchev–Trinajstić information content (AvgIpc) is 2.39. The second-order valence-corrected chi connectivity index (χ2v) is 5.62. The van der Waals surface area contributed by atoms with Crippen LogP contribution >= 0.6 is 27.7 Å². The van der Waals surface area contributed by atoms with Gasteiger partial charge in [0.15, 0.2) is 0 Å². The summed E-state index contributed by atoms with van der Waals surface area (Å²) in [5, 5.41) is 18.7. The van der Waals surface area contributed by atoms with Gasteiger partial charge in [0.2, 0.25) is 0 Å². The fourth-order valence-electron chi connectivity index (χ4n) is 1.46. The van der Waals surface area contributed by atoms with Crippen LogP contribution in [-0.2, 0) is 5.75 Å². The van der Waals surface area contributed by atoms with Crippen molar-refractivity contribution in [3.8, 4) is 0 Å². The fourth-order valence-corrected chi connectivity index (χ4v) is 2.93. The number of thioether (sulfide) groups is 1. The maximum Gasteiger partial charge on any atom is 0.488 e. The van der Waals surface area contributed by atoms with Crippen LogP contribution in [-0.4, -0.2) is 22.2 Å². The van der Waals surface area contributed by atoms with E-state index in [2.05, 4.69) is 20.9 Å². The van der Waals surface area contributed by atoms with Gasteiger partial charge in [0.25, 0.3) is 0 Å². The van der Waals surface area contributed by atoms with Crippen LogP contribution in [0.2, 0.25) is 0 Å². The molecule has 0 radical (unpaired) electrons. The molecule has 3 nitrogen and oxygen atoms in total. The van der Waals surface area contributed by atoms with Crippen molar-refractivity contribution in [2.75, 3.05) is 0 Å². The van der Waals surface area contributed by atoms with Crippen molar-refractivity contribution in [2.24, 2.45) is 0 Å².